The summed E-state index contributed by atoms with van der Waals surface area (Å²) < 4.78 is 0. The number of aromatic nitrogens is 3. The highest BCUT2D eigenvalue weighted by molar-refractivity contribution is 7.99. The van der Waals surface area contributed by atoms with E-state index in [4.69, 9.17) is 15.0 Å². The first-order valence-corrected chi connectivity index (χ1v) is 16.4. The van der Waals surface area contributed by atoms with E-state index in [0.717, 1.165) is 44.5 Å². The lowest BCUT2D eigenvalue weighted by Gasteiger charge is -2.35. The molecule has 0 saturated heterocycles. The summed E-state index contributed by atoms with van der Waals surface area (Å²) in [5.41, 5.74) is 11.0. The molecule has 0 saturated carbocycles. The molecule has 2 heterocycles. The standard InChI is InChI=1S/C42H26N4S/c1-42-33-17-8-9-18-35(33)47-36-22-20-31(25-43)37(38(36)42)32-21-19-30(24-34(32)42)41-45-39(27-13-6-3-7-14-27)44-40(46-41)29-16-10-15-28(23-29)26-11-4-2-5-12-26/h2-24H,1H3. The maximum atomic E-state index is 10.2. The minimum atomic E-state index is -0.424. The number of nitriles is 1. The Balaban J connectivity index is 1.26. The van der Waals surface area contributed by atoms with Crippen LogP contribution in [0.4, 0.5) is 0 Å². The lowest BCUT2D eigenvalue weighted by Crippen LogP contribution is -2.26. The van der Waals surface area contributed by atoms with Gasteiger partial charge in [0, 0.05) is 37.5 Å². The molecule has 0 spiro atoms. The summed E-state index contributed by atoms with van der Waals surface area (Å²) >= 11 is 1.79. The van der Waals surface area contributed by atoms with Gasteiger partial charge in [0.25, 0.3) is 0 Å². The van der Waals surface area contributed by atoms with Crippen molar-refractivity contribution in [2.75, 3.05) is 0 Å². The van der Waals surface area contributed by atoms with Gasteiger partial charge in [-0.2, -0.15) is 5.26 Å². The summed E-state index contributed by atoms with van der Waals surface area (Å²) in [6.07, 6.45) is 0. The minimum Gasteiger partial charge on any atom is -0.208 e. The third-order valence-corrected chi connectivity index (χ3v) is 10.6. The molecule has 0 radical (unpaired) electrons. The fraction of sp³-hybridized carbons (Fsp3) is 0.0476. The molecule has 220 valence electrons. The molecule has 1 aliphatic heterocycles. The second-order valence-corrected chi connectivity index (χ2v) is 13.2. The summed E-state index contributed by atoms with van der Waals surface area (Å²) in [6.45, 7) is 2.30. The van der Waals surface area contributed by atoms with Crippen LogP contribution < -0.4 is 0 Å². The lowest BCUT2D eigenvalue weighted by molar-refractivity contribution is 0.675. The maximum Gasteiger partial charge on any atom is 0.164 e. The van der Waals surface area contributed by atoms with Gasteiger partial charge in [0.2, 0.25) is 0 Å². The van der Waals surface area contributed by atoms with Gasteiger partial charge in [-0.3, -0.25) is 0 Å². The van der Waals surface area contributed by atoms with E-state index in [2.05, 4.69) is 110 Å². The van der Waals surface area contributed by atoms with E-state index in [1.807, 2.05) is 42.5 Å². The summed E-state index contributed by atoms with van der Waals surface area (Å²) in [6, 6.07) is 50.5. The Morgan fingerprint density at radius 3 is 1.89 bits per heavy atom. The Labute approximate surface area is 277 Å². The van der Waals surface area contributed by atoms with Crippen molar-refractivity contribution in [2.45, 2.75) is 22.1 Å². The van der Waals surface area contributed by atoms with Gasteiger partial charge >= 0.3 is 0 Å². The predicted molar refractivity (Wildman–Crippen MR) is 188 cm³/mol. The number of rotatable bonds is 4. The molecule has 2 aliphatic rings. The highest BCUT2D eigenvalue weighted by Gasteiger charge is 2.47. The Kier molecular flexibility index (Phi) is 6.21. The zero-order valence-corrected chi connectivity index (χ0v) is 26.3. The van der Waals surface area contributed by atoms with Crippen LogP contribution in [0.2, 0.25) is 0 Å². The predicted octanol–water partition coefficient (Wildman–Crippen LogP) is 10.2. The molecule has 1 aromatic heterocycles. The van der Waals surface area contributed by atoms with E-state index in [9.17, 15) is 5.26 Å². The largest absolute Gasteiger partial charge is 0.208 e. The molecule has 9 rings (SSSR count). The molecule has 1 unspecified atom stereocenters. The number of nitrogens with zero attached hydrogens (tertiary/aromatic N) is 4. The van der Waals surface area contributed by atoms with Crippen molar-refractivity contribution < 1.29 is 0 Å². The molecule has 5 heteroatoms. The molecule has 0 bridgehead atoms. The van der Waals surface area contributed by atoms with E-state index >= 15 is 0 Å². The smallest absolute Gasteiger partial charge is 0.164 e. The third kappa shape index (κ3) is 4.26. The first-order valence-electron chi connectivity index (χ1n) is 15.6. The van der Waals surface area contributed by atoms with Gasteiger partial charge in [-0.25, -0.2) is 15.0 Å². The summed E-state index contributed by atoms with van der Waals surface area (Å²) in [7, 11) is 0. The van der Waals surface area contributed by atoms with E-state index in [-0.39, 0.29) is 0 Å². The fourth-order valence-corrected chi connectivity index (χ4v) is 8.48. The van der Waals surface area contributed by atoms with E-state index in [0.29, 0.717) is 23.0 Å². The molecule has 47 heavy (non-hydrogen) atoms. The Morgan fingerprint density at radius 2 is 1.15 bits per heavy atom. The zero-order valence-electron chi connectivity index (χ0n) is 25.5. The van der Waals surface area contributed by atoms with Crippen LogP contribution in [0.3, 0.4) is 0 Å². The number of hydrogen-bond acceptors (Lipinski definition) is 5. The van der Waals surface area contributed by atoms with Crippen molar-refractivity contribution in [3.05, 3.63) is 162 Å². The van der Waals surface area contributed by atoms with E-state index in [1.54, 1.807) is 11.8 Å². The van der Waals surface area contributed by atoms with Crippen LogP contribution in [0.15, 0.2) is 149 Å². The van der Waals surface area contributed by atoms with Gasteiger partial charge in [-0.05, 0) is 70.6 Å². The van der Waals surface area contributed by atoms with Crippen LogP contribution in [0.25, 0.3) is 56.4 Å². The van der Waals surface area contributed by atoms with Crippen molar-refractivity contribution in [1.82, 2.24) is 15.0 Å². The van der Waals surface area contributed by atoms with Crippen LogP contribution in [-0.2, 0) is 5.41 Å². The van der Waals surface area contributed by atoms with Crippen LogP contribution in [-0.4, -0.2) is 15.0 Å². The molecule has 0 N–H and O–H groups in total. The monoisotopic (exact) mass is 618 g/mol. The minimum absolute atomic E-state index is 0.424. The molecule has 6 aromatic carbocycles. The number of fused-ring (bicyclic) bond motifs is 5. The Morgan fingerprint density at radius 1 is 0.532 bits per heavy atom. The molecular weight excluding hydrogens is 593 g/mol. The van der Waals surface area contributed by atoms with Gasteiger partial charge in [0.05, 0.1) is 11.6 Å². The SMILES string of the molecule is CC12c3ccccc3Sc3ccc(C#N)c(c31)-c1ccc(-c3nc(-c4ccccc4)nc(-c4cccc(-c5ccccc5)c4)n3)cc12. The molecule has 7 aromatic rings. The Bertz CT molecular complexity index is 2410. The normalized spacial score (nSPS) is 15.3. The van der Waals surface area contributed by atoms with E-state index < -0.39 is 5.41 Å². The molecule has 1 atom stereocenters. The molecule has 4 nitrogen and oxygen atoms in total. The van der Waals surface area contributed by atoms with Crippen molar-refractivity contribution in [3.8, 4) is 62.5 Å². The molecular formula is C42H26N4S. The fourth-order valence-electron chi connectivity index (χ4n) is 7.17. The highest BCUT2D eigenvalue weighted by atomic mass is 32.2. The average molecular weight is 619 g/mol. The number of benzene rings is 6. The van der Waals surface area contributed by atoms with Crippen molar-refractivity contribution in [1.29, 1.82) is 5.26 Å². The van der Waals surface area contributed by atoms with Gasteiger partial charge < -0.3 is 0 Å². The van der Waals surface area contributed by atoms with Gasteiger partial charge in [0.15, 0.2) is 17.5 Å². The Hall–Kier alpha value is -5.83. The van der Waals surface area contributed by atoms with Crippen LogP contribution >= 0.6 is 11.8 Å². The first-order chi connectivity index (χ1) is 23.1. The van der Waals surface area contributed by atoms with E-state index in [1.165, 1.54) is 20.9 Å². The van der Waals surface area contributed by atoms with Gasteiger partial charge in [0.1, 0.15) is 0 Å². The van der Waals surface area contributed by atoms with Crippen molar-refractivity contribution in [2.24, 2.45) is 0 Å². The quantitative estimate of drug-likeness (QED) is 0.196. The van der Waals surface area contributed by atoms with Gasteiger partial charge in [-0.15, -0.1) is 0 Å². The van der Waals surface area contributed by atoms with Crippen molar-refractivity contribution in [3.63, 3.8) is 0 Å². The van der Waals surface area contributed by atoms with Crippen LogP contribution in [0.1, 0.15) is 29.2 Å². The average Bonchev–Trinajstić information content (AvgIpc) is 3.42. The zero-order chi connectivity index (χ0) is 31.5. The first kappa shape index (κ1) is 27.5. The third-order valence-electron chi connectivity index (χ3n) is 9.41. The van der Waals surface area contributed by atoms with Crippen molar-refractivity contribution >= 4 is 11.8 Å². The van der Waals surface area contributed by atoms with Crippen LogP contribution in [0.5, 0.6) is 0 Å². The summed E-state index contributed by atoms with van der Waals surface area (Å²) in [5.74, 6) is 1.86. The summed E-state index contributed by atoms with van der Waals surface area (Å²) in [4.78, 5) is 17.6. The summed E-state index contributed by atoms with van der Waals surface area (Å²) in [5, 5.41) is 10.2. The van der Waals surface area contributed by atoms with Crippen LogP contribution in [0, 0.1) is 11.3 Å². The lowest BCUT2D eigenvalue weighted by atomic mass is 9.73. The highest BCUT2D eigenvalue weighted by Crippen LogP contribution is 2.61. The van der Waals surface area contributed by atoms with Gasteiger partial charge in [-0.1, -0.05) is 121 Å². The molecule has 1 aliphatic carbocycles. The molecule has 0 fully saturated rings. The number of hydrogen-bond donors (Lipinski definition) is 0. The second-order valence-electron chi connectivity index (χ2n) is 12.1. The second kappa shape index (κ2) is 10.6. The molecule has 0 amide bonds. The maximum absolute atomic E-state index is 10.2. The topological polar surface area (TPSA) is 62.5 Å².